The molecule has 1 N–H and O–H groups in total. The molecule has 32 heavy (non-hydrogen) atoms. The number of piperidine rings is 2. The van der Waals surface area contributed by atoms with Crippen LogP contribution >= 0.6 is 0 Å². The van der Waals surface area contributed by atoms with E-state index in [9.17, 15) is 22.9 Å². The number of benzene rings is 2. The van der Waals surface area contributed by atoms with Gasteiger partial charge in [-0.1, -0.05) is 6.42 Å². The second-order valence-electron chi connectivity index (χ2n) is 8.28. The molecule has 2 aromatic rings. The smallest absolute Gasteiger partial charge is 0.293 e. The van der Waals surface area contributed by atoms with Gasteiger partial charge in [-0.25, -0.2) is 12.8 Å². The van der Waals surface area contributed by atoms with Crippen LogP contribution in [-0.2, 0) is 10.0 Å². The summed E-state index contributed by atoms with van der Waals surface area (Å²) in [6.45, 7) is 2.09. The molecule has 2 saturated heterocycles. The average molecular weight is 463 g/mol. The molecule has 2 heterocycles. The van der Waals surface area contributed by atoms with Crippen molar-refractivity contribution in [2.45, 2.75) is 43.0 Å². The Bertz CT molecular complexity index is 1060. The second-order valence-corrected chi connectivity index (χ2v) is 10.2. The fourth-order valence-electron chi connectivity index (χ4n) is 4.38. The molecular weight excluding hydrogens is 435 g/mol. The van der Waals surface area contributed by atoms with Crippen molar-refractivity contribution in [3.63, 3.8) is 0 Å². The van der Waals surface area contributed by atoms with Crippen LogP contribution in [0.1, 0.15) is 32.1 Å². The molecule has 0 spiro atoms. The lowest BCUT2D eigenvalue weighted by atomic mass is 10.0. The Morgan fingerprint density at radius 1 is 0.969 bits per heavy atom. The molecule has 2 fully saturated rings. The van der Waals surface area contributed by atoms with E-state index in [0.717, 1.165) is 37.8 Å². The lowest BCUT2D eigenvalue weighted by molar-refractivity contribution is -0.384. The molecule has 0 bridgehead atoms. The third kappa shape index (κ3) is 4.86. The van der Waals surface area contributed by atoms with Gasteiger partial charge in [0.25, 0.3) is 5.69 Å². The van der Waals surface area contributed by atoms with E-state index in [1.54, 1.807) is 18.2 Å². The number of nitro groups is 1. The van der Waals surface area contributed by atoms with Gasteiger partial charge < -0.3 is 10.2 Å². The lowest BCUT2D eigenvalue weighted by Crippen LogP contribution is -2.39. The van der Waals surface area contributed by atoms with E-state index in [1.165, 1.54) is 28.6 Å². The van der Waals surface area contributed by atoms with Crippen molar-refractivity contribution < 1.29 is 17.7 Å². The van der Waals surface area contributed by atoms with Gasteiger partial charge in [-0.2, -0.15) is 4.31 Å². The zero-order valence-corrected chi connectivity index (χ0v) is 18.6. The second kappa shape index (κ2) is 9.41. The Labute approximate surface area is 187 Å². The Kier molecular flexibility index (Phi) is 6.61. The monoisotopic (exact) mass is 462 g/mol. The number of halogens is 1. The van der Waals surface area contributed by atoms with Crippen molar-refractivity contribution in [1.29, 1.82) is 0 Å². The topological polar surface area (TPSA) is 95.8 Å². The van der Waals surface area contributed by atoms with Crippen LogP contribution in [0.3, 0.4) is 0 Å². The summed E-state index contributed by atoms with van der Waals surface area (Å²) in [6.07, 6.45) is 4.11. The number of nitrogens with zero attached hydrogens (tertiary/aromatic N) is 3. The molecule has 0 unspecified atom stereocenters. The number of nitrogens with one attached hydrogen (secondary N) is 1. The van der Waals surface area contributed by atoms with Crippen LogP contribution in [0.25, 0.3) is 0 Å². The van der Waals surface area contributed by atoms with Crippen LogP contribution in [-0.4, -0.2) is 49.9 Å². The normalized spacial score (nSPS) is 18.5. The van der Waals surface area contributed by atoms with Crippen LogP contribution in [0, 0.1) is 15.9 Å². The number of anilines is 2. The van der Waals surface area contributed by atoms with E-state index >= 15 is 0 Å². The Balaban J connectivity index is 1.48. The van der Waals surface area contributed by atoms with Gasteiger partial charge in [0.15, 0.2) is 0 Å². The van der Waals surface area contributed by atoms with E-state index in [-0.39, 0.29) is 22.4 Å². The number of hydrogen-bond acceptors (Lipinski definition) is 6. The van der Waals surface area contributed by atoms with Crippen molar-refractivity contribution >= 4 is 27.1 Å². The Hall–Kier alpha value is -2.72. The van der Waals surface area contributed by atoms with E-state index < -0.39 is 14.9 Å². The zero-order chi connectivity index (χ0) is 22.7. The molecule has 0 aliphatic carbocycles. The molecule has 2 aliphatic rings. The number of nitro benzene ring substituents is 1. The highest BCUT2D eigenvalue weighted by Crippen LogP contribution is 2.34. The van der Waals surface area contributed by atoms with Gasteiger partial charge in [0, 0.05) is 44.0 Å². The highest BCUT2D eigenvalue weighted by Gasteiger charge is 2.30. The van der Waals surface area contributed by atoms with E-state index in [4.69, 9.17) is 0 Å². The summed E-state index contributed by atoms with van der Waals surface area (Å²) in [7, 11) is -3.74. The van der Waals surface area contributed by atoms with Gasteiger partial charge in [0.1, 0.15) is 11.5 Å². The van der Waals surface area contributed by atoms with Gasteiger partial charge >= 0.3 is 0 Å². The van der Waals surface area contributed by atoms with E-state index in [0.29, 0.717) is 31.9 Å². The maximum Gasteiger partial charge on any atom is 0.293 e. The fraction of sp³-hybridized carbons (Fsp3) is 0.455. The summed E-state index contributed by atoms with van der Waals surface area (Å²) in [5, 5.41) is 15.2. The summed E-state index contributed by atoms with van der Waals surface area (Å²) in [5.41, 5.74) is 1.09. The first-order valence-corrected chi connectivity index (χ1v) is 12.3. The first-order valence-electron chi connectivity index (χ1n) is 10.9. The van der Waals surface area contributed by atoms with Crippen molar-refractivity contribution in [1.82, 2.24) is 4.31 Å². The van der Waals surface area contributed by atoms with Gasteiger partial charge in [-0.3, -0.25) is 10.1 Å². The summed E-state index contributed by atoms with van der Waals surface area (Å²) in [6, 6.07) is 10.6. The van der Waals surface area contributed by atoms with E-state index in [2.05, 4.69) is 5.32 Å². The van der Waals surface area contributed by atoms with Gasteiger partial charge in [0.05, 0.1) is 9.82 Å². The summed E-state index contributed by atoms with van der Waals surface area (Å²) < 4.78 is 40.4. The first kappa shape index (κ1) is 22.5. The van der Waals surface area contributed by atoms with Gasteiger partial charge in [-0.05, 0) is 62.1 Å². The molecule has 172 valence electrons. The molecule has 8 nitrogen and oxygen atoms in total. The van der Waals surface area contributed by atoms with Crippen LogP contribution in [0.5, 0.6) is 0 Å². The van der Waals surface area contributed by atoms with Crippen LogP contribution < -0.4 is 10.2 Å². The largest absolute Gasteiger partial charge is 0.382 e. The molecule has 0 atom stereocenters. The number of rotatable bonds is 6. The van der Waals surface area contributed by atoms with Crippen molar-refractivity contribution in [2.75, 3.05) is 36.4 Å². The number of sulfonamides is 1. The van der Waals surface area contributed by atoms with Crippen molar-refractivity contribution in [3.8, 4) is 0 Å². The predicted octanol–water partition coefficient (Wildman–Crippen LogP) is 3.99. The third-order valence-corrected chi connectivity index (χ3v) is 8.04. The lowest BCUT2D eigenvalue weighted by Gasteiger charge is -2.34. The van der Waals surface area contributed by atoms with Gasteiger partial charge in [0.2, 0.25) is 10.0 Å². The SMILES string of the molecule is O=[N+]([O-])c1cc(S(=O)(=O)N2CCCCC2)ccc1N1CCC(Nc2ccc(F)cc2)CC1. The maximum atomic E-state index is 13.1. The van der Waals surface area contributed by atoms with Crippen molar-refractivity contribution in [3.05, 3.63) is 58.4 Å². The van der Waals surface area contributed by atoms with E-state index in [1.807, 2.05) is 4.90 Å². The van der Waals surface area contributed by atoms with Crippen molar-refractivity contribution in [2.24, 2.45) is 0 Å². The highest BCUT2D eigenvalue weighted by atomic mass is 32.2. The predicted molar refractivity (Wildman–Crippen MR) is 121 cm³/mol. The molecule has 4 rings (SSSR count). The van der Waals surface area contributed by atoms with Gasteiger partial charge in [-0.15, -0.1) is 0 Å². The van der Waals surface area contributed by atoms with Crippen LogP contribution in [0.2, 0.25) is 0 Å². The molecular formula is C22H27FN4O4S. The standard InChI is InChI=1S/C22H27FN4O4S/c23-17-4-6-18(7-5-17)24-19-10-14-25(15-11-19)21-9-8-20(16-22(21)27(28)29)32(30,31)26-12-2-1-3-13-26/h4-9,16,19,24H,1-3,10-15H2. The minimum atomic E-state index is -3.74. The first-order chi connectivity index (χ1) is 15.3. The average Bonchev–Trinajstić information content (AvgIpc) is 2.81. The zero-order valence-electron chi connectivity index (χ0n) is 17.7. The molecule has 0 saturated carbocycles. The molecule has 10 heteroatoms. The molecule has 0 radical (unpaired) electrons. The Morgan fingerprint density at radius 3 is 2.25 bits per heavy atom. The minimum absolute atomic E-state index is 0.0253. The third-order valence-electron chi connectivity index (χ3n) is 6.15. The quantitative estimate of drug-likeness (QED) is 0.515. The summed E-state index contributed by atoms with van der Waals surface area (Å²) >= 11 is 0. The molecule has 2 aliphatic heterocycles. The molecule has 2 aromatic carbocycles. The molecule has 0 amide bonds. The minimum Gasteiger partial charge on any atom is -0.382 e. The Morgan fingerprint density at radius 2 is 1.62 bits per heavy atom. The maximum absolute atomic E-state index is 13.1. The van der Waals surface area contributed by atoms with Crippen LogP contribution in [0.4, 0.5) is 21.5 Å². The highest BCUT2D eigenvalue weighted by molar-refractivity contribution is 7.89. The fourth-order valence-corrected chi connectivity index (χ4v) is 5.92. The summed E-state index contributed by atoms with van der Waals surface area (Å²) in [4.78, 5) is 13.2. The molecule has 0 aromatic heterocycles. The van der Waals surface area contributed by atoms with Crippen LogP contribution in [0.15, 0.2) is 47.4 Å². The summed E-state index contributed by atoms with van der Waals surface area (Å²) in [5.74, 6) is -0.288. The number of hydrogen-bond donors (Lipinski definition) is 1.